The maximum absolute atomic E-state index is 13.0. The first-order chi connectivity index (χ1) is 24.5. The van der Waals surface area contributed by atoms with Gasteiger partial charge in [0.15, 0.2) is 0 Å². The quantitative estimate of drug-likeness (QED) is 0.0968. The first-order valence-corrected chi connectivity index (χ1v) is 16.8. The molecule has 0 fully saturated rings. The number of aromatic nitrogens is 2. The molecule has 0 spiro atoms. The van der Waals surface area contributed by atoms with Gasteiger partial charge in [-0.25, -0.2) is 13.1 Å². The molecule has 2 N–H and O–H groups in total. The van der Waals surface area contributed by atoms with Gasteiger partial charge in [-0.1, -0.05) is 42.5 Å². The van der Waals surface area contributed by atoms with Gasteiger partial charge in [0, 0.05) is 35.5 Å². The van der Waals surface area contributed by atoms with E-state index in [-0.39, 0.29) is 22.2 Å². The van der Waals surface area contributed by atoms with Gasteiger partial charge in [0.2, 0.25) is 5.91 Å². The molecule has 5 aromatic carbocycles. The number of amides is 1. The van der Waals surface area contributed by atoms with Crippen LogP contribution in [0.15, 0.2) is 132 Å². The minimum absolute atomic E-state index is 0.00477. The first-order valence-electron chi connectivity index (χ1n) is 15.3. The summed E-state index contributed by atoms with van der Waals surface area (Å²) >= 11 is 0. The van der Waals surface area contributed by atoms with E-state index < -0.39 is 31.2 Å². The number of carbonyl (C=O) groups is 1. The van der Waals surface area contributed by atoms with Crippen LogP contribution in [-0.4, -0.2) is 34.0 Å². The van der Waals surface area contributed by atoms with Gasteiger partial charge in [0.05, 0.1) is 32.2 Å². The lowest BCUT2D eigenvalue weighted by Gasteiger charge is -2.10. The molecule has 6 rings (SSSR count). The highest BCUT2D eigenvalue weighted by Gasteiger charge is 2.24. The van der Waals surface area contributed by atoms with E-state index in [1.165, 1.54) is 48.0 Å². The van der Waals surface area contributed by atoms with Gasteiger partial charge in [-0.15, -0.1) is 0 Å². The fourth-order valence-corrected chi connectivity index (χ4v) is 6.23. The van der Waals surface area contributed by atoms with Gasteiger partial charge < -0.3 is 10.1 Å². The summed E-state index contributed by atoms with van der Waals surface area (Å²) in [6, 6.07) is 33.8. The lowest BCUT2D eigenvalue weighted by Crippen LogP contribution is -2.13. The molecule has 51 heavy (non-hydrogen) atoms. The third-order valence-electron chi connectivity index (χ3n) is 7.62. The van der Waals surface area contributed by atoms with Crippen LogP contribution < -0.4 is 14.8 Å². The number of carbonyl (C=O) groups excluding carboxylic acids is 1. The molecule has 0 saturated carbocycles. The number of sulfonamides is 1. The molecule has 0 aliphatic rings. The summed E-state index contributed by atoms with van der Waals surface area (Å²) in [6.07, 6.45) is 0. The van der Waals surface area contributed by atoms with Gasteiger partial charge in [-0.05, 0) is 78.4 Å². The van der Waals surface area contributed by atoms with Crippen molar-refractivity contribution in [2.24, 2.45) is 0 Å². The maximum Gasteiger partial charge on any atom is 0.301 e. The number of rotatable bonds is 12. The number of anilines is 2. The van der Waals surface area contributed by atoms with E-state index in [0.29, 0.717) is 40.6 Å². The lowest BCUT2D eigenvalue weighted by molar-refractivity contribution is -0.394. The number of hydrogen-bond donors (Lipinski definition) is 2. The van der Waals surface area contributed by atoms with Crippen LogP contribution >= 0.6 is 0 Å². The van der Waals surface area contributed by atoms with Gasteiger partial charge in [0.1, 0.15) is 18.0 Å². The van der Waals surface area contributed by atoms with E-state index in [1.54, 1.807) is 54.6 Å². The average Bonchev–Trinajstić information content (AvgIpc) is 3.56. The molecule has 1 aromatic heterocycles. The second-order valence-electron chi connectivity index (χ2n) is 11.2. The molecule has 6 aromatic rings. The van der Waals surface area contributed by atoms with Crippen LogP contribution in [0.25, 0.3) is 28.2 Å². The molecular formula is C36H28N6O8S. The van der Waals surface area contributed by atoms with Crippen LogP contribution in [0.4, 0.5) is 22.7 Å². The van der Waals surface area contributed by atoms with E-state index >= 15 is 0 Å². The SMILES string of the molecule is CC(=O)Nc1ccc(S(=O)(=O)Nc2ccc(-c3cc(-c4ccc(OCc5ccccc5)cc4)n(-c4ccc([N+](=O)[O-])cc4[N+](=O)[O-])n3)cc2)cc1. The monoisotopic (exact) mass is 704 g/mol. The summed E-state index contributed by atoms with van der Waals surface area (Å²) in [6.45, 7) is 1.70. The number of ether oxygens (including phenoxy) is 1. The largest absolute Gasteiger partial charge is 0.489 e. The molecule has 1 amide bonds. The summed E-state index contributed by atoms with van der Waals surface area (Å²) in [5.74, 6) is 0.311. The molecule has 256 valence electrons. The fourth-order valence-electron chi connectivity index (χ4n) is 5.17. The van der Waals surface area contributed by atoms with Gasteiger partial charge in [-0.2, -0.15) is 5.10 Å². The second kappa shape index (κ2) is 14.3. The summed E-state index contributed by atoms with van der Waals surface area (Å²) in [5.41, 5.74) is 2.79. The summed E-state index contributed by atoms with van der Waals surface area (Å²) in [7, 11) is -3.96. The topological polar surface area (TPSA) is 189 Å². The Labute approximate surface area is 291 Å². The number of nitrogens with zero attached hydrogens (tertiary/aromatic N) is 4. The van der Waals surface area contributed by atoms with Crippen molar-refractivity contribution in [1.82, 2.24) is 9.78 Å². The third kappa shape index (κ3) is 7.90. The van der Waals surface area contributed by atoms with E-state index in [9.17, 15) is 33.4 Å². The molecule has 0 atom stereocenters. The van der Waals surface area contributed by atoms with Crippen LogP contribution in [0, 0.1) is 20.2 Å². The van der Waals surface area contributed by atoms with Gasteiger partial charge in [-0.3, -0.25) is 29.7 Å². The predicted molar refractivity (Wildman–Crippen MR) is 190 cm³/mol. The smallest absolute Gasteiger partial charge is 0.301 e. The Morgan fingerprint density at radius 3 is 2.06 bits per heavy atom. The molecule has 0 saturated heterocycles. The van der Waals surface area contributed by atoms with Gasteiger partial charge in [0.25, 0.3) is 15.7 Å². The third-order valence-corrected chi connectivity index (χ3v) is 9.02. The molecule has 0 unspecified atom stereocenters. The molecule has 0 aliphatic carbocycles. The zero-order valence-electron chi connectivity index (χ0n) is 26.8. The van der Waals surface area contributed by atoms with Crippen molar-refractivity contribution in [3.8, 4) is 34.0 Å². The van der Waals surface area contributed by atoms with Crippen molar-refractivity contribution in [3.05, 3.63) is 153 Å². The van der Waals surface area contributed by atoms with Crippen LogP contribution in [0.5, 0.6) is 5.75 Å². The Morgan fingerprint density at radius 1 is 0.784 bits per heavy atom. The Balaban J connectivity index is 1.32. The number of non-ortho nitro benzene ring substituents is 1. The lowest BCUT2D eigenvalue weighted by atomic mass is 10.1. The maximum atomic E-state index is 13.0. The molecule has 0 aliphatic heterocycles. The number of nitro groups is 2. The summed E-state index contributed by atoms with van der Waals surface area (Å²) < 4.78 is 35.8. The van der Waals surface area contributed by atoms with Crippen molar-refractivity contribution in [3.63, 3.8) is 0 Å². The molecular weight excluding hydrogens is 676 g/mol. The zero-order valence-corrected chi connectivity index (χ0v) is 27.6. The highest BCUT2D eigenvalue weighted by atomic mass is 32.2. The molecule has 0 radical (unpaired) electrons. The number of nitro benzene ring substituents is 2. The average molecular weight is 705 g/mol. The van der Waals surface area contributed by atoms with Crippen molar-refractivity contribution >= 4 is 38.7 Å². The normalized spacial score (nSPS) is 11.1. The Morgan fingerprint density at radius 2 is 1.43 bits per heavy atom. The van der Waals surface area contributed by atoms with E-state index in [1.807, 2.05) is 30.3 Å². The Hall–Kier alpha value is -6.87. The molecule has 15 heteroatoms. The second-order valence-corrected chi connectivity index (χ2v) is 12.9. The minimum atomic E-state index is -3.96. The predicted octanol–water partition coefficient (Wildman–Crippen LogP) is 7.36. The van der Waals surface area contributed by atoms with Crippen molar-refractivity contribution in [2.45, 2.75) is 18.4 Å². The van der Waals surface area contributed by atoms with Crippen LogP contribution in [0.3, 0.4) is 0 Å². The molecule has 1 heterocycles. The highest BCUT2D eigenvalue weighted by Crippen LogP contribution is 2.35. The number of benzene rings is 5. The molecule has 0 bridgehead atoms. The summed E-state index contributed by atoms with van der Waals surface area (Å²) in [5, 5.41) is 30.8. The van der Waals surface area contributed by atoms with E-state index in [2.05, 4.69) is 15.1 Å². The number of nitrogens with one attached hydrogen (secondary N) is 2. The molecule has 14 nitrogen and oxygen atoms in total. The minimum Gasteiger partial charge on any atom is -0.489 e. The van der Waals surface area contributed by atoms with Crippen molar-refractivity contribution in [2.75, 3.05) is 10.0 Å². The van der Waals surface area contributed by atoms with Crippen LogP contribution in [0.1, 0.15) is 12.5 Å². The van der Waals surface area contributed by atoms with E-state index in [0.717, 1.165) is 11.6 Å². The Kier molecular flexibility index (Phi) is 9.55. The zero-order chi connectivity index (χ0) is 36.1. The van der Waals surface area contributed by atoms with E-state index in [4.69, 9.17) is 4.74 Å². The first kappa shape index (κ1) is 34.0. The van der Waals surface area contributed by atoms with Crippen molar-refractivity contribution in [1.29, 1.82) is 0 Å². The van der Waals surface area contributed by atoms with Crippen LogP contribution in [0.2, 0.25) is 0 Å². The standard InChI is InChI=1S/C36H28N6O8S/c1-24(43)37-28-13-18-32(19-14-28)51(48,49)39-29-11-7-26(8-12-29)33-22-35(27-9-16-31(17-10-27)50-23-25-5-3-2-4-6-25)40(38-33)34-20-15-30(41(44)45)21-36(34)42(46)47/h2-22,39H,23H2,1H3,(H,37,43). The van der Waals surface area contributed by atoms with Gasteiger partial charge >= 0.3 is 5.69 Å². The van der Waals surface area contributed by atoms with Crippen LogP contribution in [-0.2, 0) is 21.4 Å². The van der Waals surface area contributed by atoms with Crippen molar-refractivity contribution < 1.29 is 27.8 Å². The summed E-state index contributed by atoms with van der Waals surface area (Å²) in [4.78, 5) is 33.4. The fraction of sp³-hybridized carbons (Fsp3) is 0.0556. The highest BCUT2D eigenvalue weighted by molar-refractivity contribution is 7.92. The Bertz CT molecular complexity index is 2340. The number of hydrogen-bond acceptors (Lipinski definition) is 9.